The Kier molecular flexibility index (Phi) is 10.2. The zero-order valence-electron chi connectivity index (χ0n) is 24.6. The van der Waals surface area contributed by atoms with Gasteiger partial charge in [-0.2, -0.15) is 0 Å². The van der Waals surface area contributed by atoms with Gasteiger partial charge in [0.2, 0.25) is 18.3 Å². The molecular formula is C31H33NO12. The quantitative estimate of drug-likeness (QED) is 0.248. The van der Waals surface area contributed by atoms with Gasteiger partial charge in [0.15, 0.2) is 12.2 Å². The highest BCUT2D eigenvalue weighted by Gasteiger charge is 2.53. The second kappa shape index (κ2) is 14.0. The van der Waals surface area contributed by atoms with E-state index in [2.05, 4.69) is 0 Å². The van der Waals surface area contributed by atoms with Crippen LogP contribution in [0.2, 0.25) is 0 Å². The number of ether oxygens (including phenoxy) is 6. The first kappa shape index (κ1) is 32.0. The van der Waals surface area contributed by atoms with Crippen molar-refractivity contribution in [3.63, 3.8) is 0 Å². The van der Waals surface area contributed by atoms with Crippen molar-refractivity contribution in [2.24, 2.45) is 5.73 Å². The molecule has 234 valence electrons. The normalized spacial score (nSPS) is 21.2. The van der Waals surface area contributed by atoms with Crippen LogP contribution in [0.5, 0.6) is 5.75 Å². The zero-order chi connectivity index (χ0) is 32.0. The van der Waals surface area contributed by atoms with Crippen LogP contribution >= 0.6 is 0 Å². The minimum absolute atomic E-state index is 0.302. The maximum absolute atomic E-state index is 12.2. The number of benzene rings is 2. The number of nitrogens with two attached hydrogens (primary N) is 1. The van der Waals surface area contributed by atoms with E-state index < -0.39 is 60.5 Å². The van der Waals surface area contributed by atoms with Crippen LogP contribution < -0.4 is 10.5 Å². The lowest BCUT2D eigenvalue weighted by Crippen LogP contribution is -2.63. The van der Waals surface area contributed by atoms with Crippen molar-refractivity contribution in [3.05, 3.63) is 65.4 Å². The lowest BCUT2D eigenvalue weighted by atomic mass is 9.98. The Labute approximate surface area is 252 Å². The van der Waals surface area contributed by atoms with E-state index in [1.807, 2.05) is 12.1 Å². The summed E-state index contributed by atoms with van der Waals surface area (Å²) in [5.74, 6) is -3.07. The summed E-state index contributed by atoms with van der Waals surface area (Å²) in [5.41, 5.74) is 8.00. The van der Waals surface area contributed by atoms with Crippen LogP contribution in [0.25, 0.3) is 11.0 Å². The standard InChI is InChI=1S/C31H33NO12/c1-16(33)38-15-25-27(40-17(2)34)28(41-18(3)35)29(42-19(4)36)31(44-25)43-24-7-5-6-23-26(24)22(14-39-23)13-10-20-8-11-21(12-9-20)30(32)37/h5-9,11-12,14,25,27-29,31H,10,13,15H2,1-4H3,(H2,32,37)/t25-,27-,28+,29-,31-/m1/s1. The van der Waals surface area contributed by atoms with Crippen LogP contribution in [0.1, 0.15) is 49.2 Å². The van der Waals surface area contributed by atoms with E-state index in [1.54, 1.807) is 36.6 Å². The van der Waals surface area contributed by atoms with Crippen LogP contribution in [-0.2, 0) is 55.7 Å². The van der Waals surface area contributed by atoms with Gasteiger partial charge in [0, 0.05) is 38.8 Å². The molecule has 3 aromatic rings. The molecular weight excluding hydrogens is 578 g/mol. The summed E-state index contributed by atoms with van der Waals surface area (Å²) >= 11 is 0. The Hall–Kier alpha value is -4.91. The Morgan fingerprint density at radius 3 is 2.02 bits per heavy atom. The summed E-state index contributed by atoms with van der Waals surface area (Å²) < 4.78 is 39.7. The predicted molar refractivity (Wildman–Crippen MR) is 151 cm³/mol. The van der Waals surface area contributed by atoms with E-state index in [4.69, 9.17) is 38.6 Å². The summed E-state index contributed by atoms with van der Waals surface area (Å²) in [7, 11) is 0. The lowest BCUT2D eigenvalue weighted by Gasteiger charge is -2.44. The minimum Gasteiger partial charge on any atom is -0.464 e. The van der Waals surface area contributed by atoms with Crippen LogP contribution in [0.3, 0.4) is 0 Å². The molecule has 1 aliphatic rings. The highest BCUT2D eigenvalue weighted by Crippen LogP contribution is 2.36. The largest absolute Gasteiger partial charge is 0.464 e. The Bertz CT molecular complexity index is 1530. The SMILES string of the molecule is CC(=O)OC[C@H]1O[C@@H](Oc2cccc3occ(CCc4ccc(C(N)=O)cc4)c23)[C@H](OC(C)=O)[C@@H](OC(C)=O)[C@@H]1OC(C)=O. The fourth-order valence-electron chi connectivity index (χ4n) is 4.92. The molecule has 0 spiro atoms. The molecule has 0 radical (unpaired) electrons. The van der Waals surface area contributed by atoms with Crippen molar-refractivity contribution >= 4 is 40.8 Å². The average Bonchev–Trinajstić information content (AvgIpc) is 3.37. The maximum Gasteiger partial charge on any atom is 0.303 e. The molecule has 2 aromatic carbocycles. The first-order valence-electron chi connectivity index (χ1n) is 13.8. The Morgan fingerprint density at radius 2 is 1.41 bits per heavy atom. The second-order valence-corrected chi connectivity index (χ2v) is 10.1. The fourth-order valence-corrected chi connectivity index (χ4v) is 4.92. The number of hydrogen-bond donors (Lipinski definition) is 1. The number of amides is 1. The molecule has 0 saturated carbocycles. The number of fused-ring (bicyclic) bond motifs is 1. The van der Waals surface area contributed by atoms with Gasteiger partial charge >= 0.3 is 23.9 Å². The van der Waals surface area contributed by atoms with E-state index in [1.165, 1.54) is 6.92 Å². The number of aryl methyl sites for hydroxylation is 2. The van der Waals surface area contributed by atoms with E-state index in [0.717, 1.165) is 31.9 Å². The molecule has 44 heavy (non-hydrogen) atoms. The first-order valence-corrected chi connectivity index (χ1v) is 13.8. The smallest absolute Gasteiger partial charge is 0.303 e. The van der Waals surface area contributed by atoms with Crippen LogP contribution in [0, 0.1) is 0 Å². The molecule has 13 nitrogen and oxygen atoms in total. The van der Waals surface area contributed by atoms with Crippen molar-refractivity contribution in [1.82, 2.24) is 0 Å². The van der Waals surface area contributed by atoms with Gasteiger partial charge in [-0.3, -0.25) is 24.0 Å². The topological polar surface area (TPSA) is 180 Å². The molecule has 1 fully saturated rings. The molecule has 2 heterocycles. The molecule has 0 unspecified atom stereocenters. The molecule has 2 N–H and O–H groups in total. The molecule has 1 amide bonds. The third-order valence-corrected chi connectivity index (χ3v) is 6.75. The van der Waals surface area contributed by atoms with Crippen molar-refractivity contribution in [2.45, 2.75) is 71.2 Å². The molecule has 13 heteroatoms. The molecule has 5 atom stereocenters. The van der Waals surface area contributed by atoms with Crippen molar-refractivity contribution in [3.8, 4) is 5.75 Å². The zero-order valence-corrected chi connectivity index (χ0v) is 24.6. The van der Waals surface area contributed by atoms with E-state index in [0.29, 0.717) is 35.1 Å². The molecule has 0 aliphatic carbocycles. The van der Waals surface area contributed by atoms with Crippen LogP contribution in [-0.4, -0.2) is 67.1 Å². The monoisotopic (exact) mass is 611 g/mol. The summed E-state index contributed by atoms with van der Waals surface area (Å²) in [6, 6.07) is 12.1. The van der Waals surface area contributed by atoms with Gasteiger partial charge in [-0.25, -0.2) is 0 Å². The third-order valence-electron chi connectivity index (χ3n) is 6.75. The Morgan fingerprint density at radius 1 is 0.773 bits per heavy atom. The molecule has 0 bridgehead atoms. The van der Waals surface area contributed by atoms with Gasteiger partial charge in [0.05, 0.1) is 11.6 Å². The number of carbonyl (C=O) groups is 5. The van der Waals surface area contributed by atoms with Gasteiger partial charge < -0.3 is 38.6 Å². The molecule has 1 aliphatic heterocycles. The first-order chi connectivity index (χ1) is 20.9. The van der Waals surface area contributed by atoms with E-state index >= 15 is 0 Å². The van der Waals surface area contributed by atoms with Gasteiger partial charge in [-0.05, 0) is 42.7 Å². The van der Waals surface area contributed by atoms with Crippen molar-refractivity contribution in [1.29, 1.82) is 0 Å². The van der Waals surface area contributed by atoms with Gasteiger partial charge in [-0.1, -0.05) is 18.2 Å². The molecule has 4 rings (SSSR count). The number of carbonyl (C=O) groups excluding carboxylic acids is 5. The van der Waals surface area contributed by atoms with Gasteiger partial charge in [0.1, 0.15) is 24.0 Å². The number of hydrogen-bond acceptors (Lipinski definition) is 12. The third kappa shape index (κ3) is 7.92. The number of primary amides is 1. The van der Waals surface area contributed by atoms with E-state index in [9.17, 15) is 24.0 Å². The van der Waals surface area contributed by atoms with Gasteiger partial charge in [0.25, 0.3) is 0 Å². The highest BCUT2D eigenvalue weighted by molar-refractivity contribution is 5.92. The van der Waals surface area contributed by atoms with E-state index in [-0.39, 0.29) is 6.61 Å². The summed E-state index contributed by atoms with van der Waals surface area (Å²) in [6.45, 7) is 4.24. The second-order valence-electron chi connectivity index (χ2n) is 10.1. The molecule has 1 aromatic heterocycles. The Balaban J connectivity index is 1.68. The number of furan rings is 1. The lowest BCUT2D eigenvalue weighted by molar-refractivity contribution is -0.288. The number of esters is 4. The summed E-state index contributed by atoms with van der Waals surface area (Å²) in [4.78, 5) is 59.3. The average molecular weight is 612 g/mol. The number of rotatable bonds is 11. The highest BCUT2D eigenvalue weighted by atomic mass is 16.7. The van der Waals surface area contributed by atoms with Crippen LogP contribution in [0.4, 0.5) is 0 Å². The van der Waals surface area contributed by atoms with Crippen molar-refractivity contribution in [2.75, 3.05) is 6.61 Å². The predicted octanol–water partition coefficient (Wildman–Crippen LogP) is 2.78. The van der Waals surface area contributed by atoms with Gasteiger partial charge in [-0.15, -0.1) is 0 Å². The minimum atomic E-state index is -1.40. The van der Waals surface area contributed by atoms with Crippen LogP contribution in [0.15, 0.2) is 53.1 Å². The summed E-state index contributed by atoms with van der Waals surface area (Å²) in [6.07, 6.45) is -3.89. The maximum atomic E-state index is 12.2. The molecule has 1 saturated heterocycles. The fraction of sp³-hybridized carbons (Fsp3) is 0.387. The van der Waals surface area contributed by atoms with Crippen molar-refractivity contribution < 1.29 is 56.8 Å². The summed E-state index contributed by atoms with van der Waals surface area (Å²) in [5, 5.41) is 0.620.